The highest BCUT2D eigenvalue weighted by Gasteiger charge is 2.36. The van der Waals surface area contributed by atoms with E-state index < -0.39 is 11.6 Å². The maximum absolute atomic E-state index is 11.1. The third-order valence-corrected chi connectivity index (χ3v) is 1.85. The number of carbonyl (C=O) groups is 1. The fourth-order valence-electron chi connectivity index (χ4n) is 0.869. The Morgan fingerprint density at radius 2 is 2.09 bits per heavy atom. The third kappa shape index (κ3) is 1.91. The van der Waals surface area contributed by atoms with Gasteiger partial charge in [0.05, 0.1) is 7.11 Å². The Balaban J connectivity index is 4.39. The van der Waals surface area contributed by atoms with Gasteiger partial charge in [-0.25, -0.2) is 4.79 Å². The van der Waals surface area contributed by atoms with Gasteiger partial charge in [0.15, 0.2) is 5.60 Å². The van der Waals surface area contributed by atoms with E-state index in [4.69, 9.17) is 10.5 Å². The Morgan fingerprint density at radius 3 is 2.18 bits per heavy atom. The zero-order valence-electron chi connectivity index (χ0n) is 7.22. The molecule has 0 aliphatic heterocycles. The number of hydrogen-bond acceptors (Lipinski definition) is 4. The van der Waals surface area contributed by atoms with Crippen LogP contribution < -0.4 is 5.73 Å². The lowest BCUT2D eigenvalue weighted by molar-refractivity contribution is -0.165. The maximum atomic E-state index is 11.1. The first kappa shape index (κ1) is 10.4. The van der Waals surface area contributed by atoms with Crippen LogP contribution in [0.1, 0.15) is 13.3 Å². The number of ether oxygens (including phenoxy) is 2. The topological polar surface area (TPSA) is 61.5 Å². The Bertz CT molecular complexity index is 123. The van der Waals surface area contributed by atoms with Crippen molar-refractivity contribution in [3.63, 3.8) is 0 Å². The minimum atomic E-state index is -0.950. The number of carbonyl (C=O) groups excluding carboxylic acids is 1. The maximum Gasteiger partial charge on any atom is 0.339 e. The number of rotatable bonds is 4. The van der Waals surface area contributed by atoms with Gasteiger partial charge in [0.25, 0.3) is 0 Å². The molecule has 4 heteroatoms. The van der Waals surface area contributed by atoms with Gasteiger partial charge in [0.2, 0.25) is 0 Å². The lowest BCUT2D eigenvalue weighted by Crippen LogP contribution is -2.47. The molecule has 0 heterocycles. The summed E-state index contributed by atoms with van der Waals surface area (Å²) in [6, 6.07) is 0. The van der Waals surface area contributed by atoms with Gasteiger partial charge in [-0.3, -0.25) is 0 Å². The predicted molar refractivity (Wildman–Crippen MR) is 41.1 cm³/mol. The molecule has 2 N–H and O–H groups in total. The van der Waals surface area contributed by atoms with Gasteiger partial charge >= 0.3 is 5.97 Å². The first-order chi connectivity index (χ1) is 5.16. The number of methoxy groups -OCH3 is 2. The normalized spacial score (nSPS) is 15.6. The molecule has 1 unspecified atom stereocenters. The van der Waals surface area contributed by atoms with Gasteiger partial charge in [-0.15, -0.1) is 0 Å². The molecule has 0 amide bonds. The molecule has 66 valence electrons. The summed E-state index contributed by atoms with van der Waals surface area (Å²) in [4.78, 5) is 11.1. The van der Waals surface area contributed by atoms with Gasteiger partial charge in [-0.1, -0.05) is 6.92 Å². The first-order valence-electron chi connectivity index (χ1n) is 3.50. The van der Waals surface area contributed by atoms with E-state index in [9.17, 15) is 4.79 Å². The van der Waals surface area contributed by atoms with E-state index in [0.717, 1.165) is 0 Å². The van der Waals surface area contributed by atoms with Crippen molar-refractivity contribution < 1.29 is 14.3 Å². The van der Waals surface area contributed by atoms with Crippen LogP contribution in [0.2, 0.25) is 0 Å². The molecule has 0 aromatic heterocycles. The van der Waals surface area contributed by atoms with Crippen LogP contribution in [0.3, 0.4) is 0 Å². The Labute approximate surface area is 66.7 Å². The molecule has 0 saturated carbocycles. The molecule has 0 aliphatic carbocycles. The van der Waals surface area contributed by atoms with E-state index in [1.165, 1.54) is 14.2 Å². The van der Waals surface area contributed by atoms with E-state index in [2.05, 4.69) is 4.74 Å². The van der Waals surface area contributed by atoms with Crippen molar-refractivity contribution in [3.8, 4) is 0 Å². The second-order valence-corrected chi connectivity index (χ2v) is 2.25. The highest BCUT2D eigenvalue weighted by Crippen LogP contribution is 2.14. The van der Waals surface area contributed by atoms with E-state index in [-0.39, 0.29) is 6.54 Å². The summed E-state index contributed by atoms with van der Waals surface area (Å²) < 4.78 is 9.53. The summed E-state index contributed by atoms with van der Waals surface area (Å²) >= 11 is 0. The fourth-order valence-corrected chi connectivity index (χ4v) is 0.869. The number of hydrogen-bond donors (Lipinski definition) is 1. The van der Waals surface area contributed by atoms with Crippen molar-refractivity contribution in [1.29, 1.82) is 0 Å². The molecule has 0 rings (SSSR count). The zero-order chi connectivity index (χ0) is 8.91. The molecular weight excluding hydrogens is 146 g/mol. The summed E-state index contributed by atoms with van der Waals surface area (Å²) in [6.45, 7) is 1.97. The summed E-state index contributed by atoms with van der Waals surface area (Å²) in [7, 11) is 2.77. The average molecular weight is 161 g/mol. The van der Waals surface area contributed by atoms with Gasteiger partial charge in [-0.2, -0.15) is 0 Å². The lowest BCUT2D eigenvalue weighted by Gasteiger charge is -2.25. The van der Waals surface area contributed by atoms with Gasteiger partial charge < -0.3 is 15.2 Å². The van der Waals surface area contributed by atoms with Crippen LogP contribution in [0, 0.1) is 0 Å². The van der Waals surface area contributed by atoms with Crippen LogP contribution in [-0.2, 0) is 14.3 Å². The van der Waals surface area contributed by atoms with Crippen molar-refractivity contribution in [2.45, 2.75) is 18.9 Å². The van der Waals surface area contributed by atoms with Crippen molar-refractivity contribution in [2.75, 3.05) is 20.8 Å². The minimum Gasteiger partial charge on any atom is -0.467 e. The summed E-state index contributed by atoms with van der Waals surface area (Å²) in [5, 5.41) is 0. The molecule has 1 atom stereocenters. The van der Waals surface area contributed by atoms with Crippen molar-refractivity contribution in [3.05, 3.63) is 0 Å². The SMILES string of the molecule is CCC(CN)(OC)C(=O)OC. The molecule has 4 nitrogen and oxygen atoms in total. The molecule has 0 radical (unpaired) electrons. The lowest BCUT2D eigenvalue weighted by atomic mass is 10.0. The smallest absolute Gasteiger partial charge is 0.339 e. The molecule has 0 aliphatic rings. The summed E-state index contributed by atoms with van der Waals surface area (Å²) in [5.74, 6) is -0.412. The molecule has 11 heavy (non-hydrogen) atoms. The van der Waals surface area contributed by atoms with Crippen molar-refractivity contribution in [2.24, 2.45) is 5.73 Å². The summed E-state index contributed by atoms with van der Waals surface area (Å²) in [5.41, 5.74) is 4.43. The second kappa shape index (κ2) is 4.31. The zero-order valence-corrected chi connectivity index (χ0v) is 7.22. The molecule has 0 saturated heterocycles. The van der Waals surface area contributed by atoms with Crippen LogP contribution in [0.4, 0.5) is 0 Å². The monoisotopic (exact) mass is 161 g/mol. The van der Waals surface area contributed by atoms with Crippen LogP contribution in [-0.4, -0.2) is 32.3 Å². The highest BCUT2D eigenvalue weighted by molar-refractivity contribution is 5.79. The van der Waals surface area contributed by atoms with E-state index in [1.54, 1.807) is 0 Å². The summed E-state index contributed by atoms with van der Waals surface area (Å²) in [6.07, 6.45) is 0.521. The Hall–Kier alpha value is -0.610. The van der Waals surface area contributed by atoms with Gasteiger partial charge in [0, 0.05) is 13.7 Å². The largest absolute Gasteiger partial charge is 0.467 e. The first-order valence-corrected chi connectivity index (χ1v) is 3.50. The molecule has 0 bridgehead atoms. The third-order valence-electron chi connectivity index (χ3n) is 1.85. The minimum absolute atomic E-state index is 0.146. The van der Waals surface area contributed by atoms with Crippen LogP contribution in [0.5, 0.6) is 0 Å². The van der Waals surface area contributed by atoms with E-state index in [0.29, 0.717) is 6.42 Å². The molecule has 0 fully saturated rings. The molecular formula is C7H15NO3. The molecule has 0 spiro atoms. The standard InChI is InChI=1S/C7H15NO3/c1-4-7(5-8,11-3)6(9)10-2/h4-5,8H2,1-3H3. The van der Waals surface area contributed by atoms with Crippen LogP contribution in [0.15, 0.2) is 0 Å². The van der Waals surface area contributed by atoms with Gasteiger partial charge in [0.1, 0.15) is 0 Å². The van der Waals surface area contributed by atoms with E-state index >= 15 is 0 Å². The molecule has 0 aromatic carbocycles. The number of nitrogens with two attached hydrogens (primary N) is 1. The highest BCUT2D eigenvalue weighted by atomic mass is 16.6. The fraction of sp³-hybridized carbons (Fsp3) is 0.857. The van der Waals surface area contributed by atoms with Crippen molar-refractivity contribution >= 4 is 5.97 Å². The quantitative estimate of drug-likeness (QED) is 0.585. The molecule has 0 aromatic rings. The predicted octanol–water partition coefficient (Wildman–Crippen LogP) is -0.0867. The average Bonchev–Trinajstić information content (AvgIpc) is 2.08. The Morgan fingerprint density at radius 1 is 1.55 bits per heavy atom. The van der Waals surface area contributed by atoms with Crippen molar-refractivity contribution in [1.82, 2.24) is 0 Å². The van der Waals surface area contributed by atoms with E-state index in [1.807, 2.05) is 6.92 Å². The van der Waals surface area contributed by atoms with Crippen LogP contribution in [0.25, 0.3) is 0 Å². The van der Waals surface area contributed by atoms with Gasteiger partial charge in [-0.05, 0) is 6.42 Å². The van der Waals surface area contributed by atoms with Crippen LogP contribution >= 0.6 is 0 Å². The number of esters is 1. The Kier molecular flexibility index (Phi) is 4.07. The second-order valence-electron chi connectivity index (χ2n) is 2.25.